The normalized spacial score (nSPS) is 18.0. The highest BCUT2D eigenvalue weighted by Crippen LogP contribution is 2.26. The molecule has 7 heteroatoms. The summed E-state index contributed by atoms with van der Waals surface area (Å²) in [6, 6.07) is 1.74. The largest absolute Gasteiger partial charge is 0.487 e. The molecule has 1 unspecified atom stereocenters. The Balaban J connectivity index is 1.71. The lowest BCUT2D eigenvalue weighted by atomic mass is 10.1. The summed E-state index contributed by atoms with van der Waals surface area (Å²) in [5.74, 6) is 0.611. The van der Waals surface area contributed by atoms with Gasteiger partial charge in [-0.05, 0) is 26.7 Å². The number of pyridine rings is 1. The summed E-state index contributed by atoms with van der Waals surface area (Å²) in [6.45, 7) is 4.97. The minimum atomic E-state index is -0.0693. The Morgan fingerprint density at radius 2 is 2.30 bits per heavy atom. The van der Waals surface area contributed by atoms with E-state index in [4.69, 9.17) is 16.3 Å². The van der Waals surface area contributed by atoms with Crippen molar-refractivity contribution >= 4 is 17.5 Å². The molecule has 0 saturated carbocycles. The van der Waals surface area contributed by atoms with Gasteiger partial charge in [-0.15, -0.1) is 0 Å². The number of aromatic nitrogens is 3. The van der Waals surface area contributed by atoms with Crippen LogP contribution in [0, 0.1) is 13.8 Å². The van der Waals surface area contributed by atoms with E-state index in [0.717, 1.165) is 30.8 Å². The topological polar surface area (TPSA) is 71.1 Å². The fourth-order valence-corrected chi connectivity index (χ4v) is 3.04. The molecule has 0 radical (unpaired) electrons. The molecule has 1 aliphatic heterocycles. The molecule has 1 aliphatic rings. The monoisotopic (exact) mass is 334 g/mol. The van der Waals surface area contributed by atoms with Gasteiger partial charge in [0.2, 0.25) is 0 Å². The second-order valence-electron chi connectivity index (χ2n) is 5.75. The third-order valence-corrected chi connectivity index (χ3v) is 4.32. The molecule has 1 saturated heterocycles. The van der Waals surface area contributed by atoms with Gasteiger partial charge in [0.05, 0.1) is 17.8 Å². The van der Waals surface area contributed by atoms with Gasteiger partial charge in [-0.25, -0.2) is 0 Å². The fourth-order valence-electron chi connectivity index (χ4n) is 2.88. The van der Waals surface area contributed by atoms with Crippen LogP contribution in [-0.4, -0.2) is 45.2 Å². The molecule has 0 spiro atoms. The van der Waals surface area contributed by atoms with Crippen molar-refractivity contribution in [1.82, 2.24) is 20.1 Å². The van der Waals surface area contributed by atoms with E-state index in [0.29, 0.717) is 22.9 Å². The molecule has 0 aromatic carbocycles. The molecule has 1 N–H and O–H groups in total. The highest BCUT2D eigenvalue weighted by molar-refractivity contribution is 6.31. The van der Waals surface area contributed by atoms with E-state index in [2.05, 4.69) is 15.2 Å². The van der Waals surface area contributed by atoms with Gasteiger partial charge in [-0.2, -0.15) is 5.10 Å². The van der Waals surface area contributed by atoms with E-state index in [9.17, 15) is 4.79 Å². The molecular weight excluding hydrogens is 316 g/mol. The zero-order valence-corrected chi connectivity index (χ0v) is 13.9. The molecule has 2 aromatic rings. The summed E-state index contributed by atoms with van der Waals surface area (Å²) in [6.07, 6.45) is 4.92. The van der Waals surface area contributed by atoms with E-state index < -0.39 is 0 Å². The van der Waals surface area contributed by atoms with Gasteiger partial charge in [-0.1, -0.05) is 11.6 Å². The number of hydrogen-bond acceptors (Lipinski definition) is 4. The lowest BCUT2D eigenvalue weighted by molar-refractivity contribution is 0.0536. The molecule has 1 atom stereocenters. The summed E-state index contributed by atoms with van der Waals surface area (Å²) in [5.41, 5.74) is 2.19. The van der Waals surface area contributed by atoms with Gasteiger partial charge in [0.15, 0.2) is 0 Å². The zero-order valence-electron chi connectivity index (χ0n) is 13.2. The van der Waals surface area contributed by atoms with Crippen molar-refractivity contribution in [3.63, 3.8) is 0 Å². The molecule has 122 valence electrons. The van der Waals surface area contributed by atoms with Crippen LogP contribution in [0.25, 0.3) is 0 Å². The molecule has 23 heavy (non-hydrogen) atoms. The maximum Gasteiger partial charge on any atom is 0.257 e. The highest BCUT2D eigenvalue weighted by Gasteiger charge is 2.28. The number of rotatable bonds is 3. The van der Waals surface area contributed by atoms with Crippen LogP contribution >= 0.6 is 11.6 Å². The predicted octanol–water partition coefficient (Wildman–Crippen LogP) is 2.76. The van der Waals surface area contributed by atoms with Crippen molar-refractivity contribution in [3.05, 3.63) is 40.4 Å². The fraction of sp³-hybridized carbons (Fsp3) is 0.438. The van der Waals surface area contributed by atoms with Gasteiger partial charge in [0.25, 0.3) is 5.91 Å². The average Bonchev–Trinajstić information content (AvgIpc) is 2.88. The number of nitrogens with one attached hydrogen (secondary N) is 1. The Morgan fingerprint density at radius 1 is 1.48 bits per heavy atom. The molecule has 1 amide bonds. The maximum absolute atomic E-state index is 12.7. The second kappa shape index (κ2) is 6.58. The van der Waals surface area contributed by atoms with Gasteiger partial charge in [0.1, 0.15) is 16.9 Å². The Bertz CT molecular complexity index is 696. The SMILES string of the molecule is Cc1n[nH]c(C)c1C(=O)N1CCCC(Oc2ccncc2Cl)C1. The van der Waals surface area contributed by atoms with Crippen LogP contribution in [0.4, 0.5) is 0 Å². The maximum atomic E-state index is 12.7. The molecule has 0 aliphatic carbocycles. The number of carbonyl (C=O) groups excluding carboxylic acids is 1. The van der Waals surface area contributed by atoms with Crippen LogP contribution in [0.2, 0.25) is 5.02 Å². The van der Waals surface area contributed by atoms with E-state index in [1.807, 2.05) is 18.7 Å². The van der Waals surface area contributed by atoms with Crippen LogP contribution in [-0.2, 0) is 0 Å². The number of ether oxygens (including phenoxy) is 1. The smallest absolute Gasteiger partial charge is 0.257 e. The lowest BCUT2D eigenvalue weighted by Gasteiger charge is -2.33. The third kappa shape index (κ3) is 3.32. The summed E-state index contributed by atoms with van der Waals surface area (Å²) < 4.78 is 5.96. The lowest BCUT2D eigenvalue weighted by Crippen LogP contribution is -2.44. The number of carbonyl (C=O) groups is 1. The van der Waals surface area contributed by atoms with Crippen molar-refractivity contribution in [2.24, 2.45) is 0 Å². The first-order chi connectivity index (χ1) is 11.1. The van der Waals surface area contributed by atoms with Gasteiger partial charge in [0, 0.05) is 30.7 Å². The second-order valence-corrected chi connectivity index (χ2v) is 6.16. The van der Waals surface area contributed by atoms with Crippen molar-refractivity contribution in [3.8, 4) is 5.75 Å². The van der Waals surface area contributed by atoms with E-state index >= 15 is 0 Å². The van der Waals surface area contributed by atoms with Crippen molar-refractivity contribution in [2.75, 3.05) is 13.1 Å². The first-order valence-corrected chi connectivity index (χ1v) is 8.01. The number of H-pyrrole nitrogens is 1. The number of nitrogens with zero attached hydrogens (tertiary/aromatic N) is 3. The van der Waals surface area contributed by atoms with Crippen molar-refractivity contribution < 1.29 is 9.53 Å². The van der Waals surface area contributed by atoms with Crippen LogP contribution in [0.15, 0.2) is 18.5 Å². The number of halogens is 1. The number of amides is 1. The van der Waals surface area contributed by atoms with Gasteiger partial charge in [-0.3, -0.25) is 14.9 Å². The Labute approximate surface area is 139 Å². The van der Waals surface area contributed by atoms with E-state index in [1.165, 1.54) is 0 Å². The molecule has 3 heterocycles. The molecule has 0 bridgehead atoms. The van der Waals surface area contributed by atoms with Crippen LogP contribution in [0.1, 0.15) is 34.6 Å². The summed E-state index contributed by atoms with van der Waals surface area (Å²) in [4.78, 5) is 18.5. The van der Waals surface area contributed by atoms with E-state index in [-0.39, 0.29) is 12.0 Å². The summed E-state index contributed by atoms with van der Waals surface area (Å²) in [7, 11) is 0. The first kappa shape index (κ1) is 15.8. The Morgan fingerprint density at radius 3 is 3.00 bits per heavy atom. The Hall–Kier alpha value is -2.08. The first-order valence-electron chi connectivity index (χ1n) is 7.63. The predicted molar refractivity (Wildman–Crippen MR) is 86.9 cm³/mol. The molecule has 6 nitrogen and oxygen atoms in total. The third-order valence-electron chi connectivity index (χ3n) is 4.04. The van der Waals surface area contributed by atoms with Crippen molar-refractivity contribution in [1.29, 1.82) is 0 Å². The zero-order chi connectivity index (χ0) is 16.4. The minimum Gasteiger partial charge on any atom is -0.487 e. The van der Waals surface area contributed by atoms with Gasteiger partial charge >= 0.3 is 0 Å². The van der Waals surface area contributed by atoms with Gasteiger partial charge < -0.3 is 9.64 Å². The average molecular weight is 335 g/mol. The number of likely N-dealkylation sites (tertiary alicyclic amines) is 1. The molecule has 1 fully saturated rings. The Kier molecular flexibility index (Phi) is 4.52. The van der Waals surface area contributed by atoms with Crippen molar-refractivity contribution in [2.45, 2.75) is 32.8 Å². The standard InChI is InChI=1S/C16H19ClN4O2/c1-10-15(11(2)20-19-10)16(22)21-7-3-4-12(9-21)23-14-5-6-18-8-13(14)17/h5-6,8,12H,3-4,7,9H2,1-2H3,(H,19,20). The molecule has 2 aromatic heterocycles. The number of aryl methyl sites for hydroxylation is 2. The number of hydrogen-bond donors (Lipinski definition) is 1. The van der Waals surface area contributed by atoms with Crippen LogP contribution < -0.4 is 4.74 Å². The van der Waals surface area contributed by atoms with E-state index in [1.54, 1.807) is 18.5 Å². The number of aromatic amines is 1. The highest BCUT2D eigenvalue weighted by atomic mass is 35.5. The summed E-state index contributed by atoms with van der Waals surface area (Å²) >= 11 is 6.08. The molecular formula is C16H19ClN4O2. The molecule has 3 rings (SSSR count). The number of piperidine rings is 1. The quantitative estimate of drug-likeness (QED) is 0.937. The van der Waals surface area contributed by atoms with Crippen LogP contribution in [0.3, 0.4) is 0 Å². The summed E-state index contributed by atoms with van der Waals surface area (Å²) in [5, 5.41) is 7.45. The minimum absolute atomic E-state index is 0.00266. The van der Waals surface area contributed by atoms with Crippen LogP contribution in [0.5, 0.6) is 5.75 Å².